The summed E-state index contributed by atoms with van der Waals surface area (Å²) in [7, 11) is 1.31. The van der Waals surface area contributed by atoms with Gasteiger partial charge >= 0.3 is 12.0 Å². The van der Waals surface area contributed by atoms with E-state index in [0.29, 0.717) is 13.1 Å². The molecular weight excluding hydrogens is 368 g/mol. The summed E-state index contributed by atoms with van der Waals surface area (Å²) in [6.45, 7) is 9.51. The number of amides is 2. The molecule has 8 nitrogen and oxygen atoms in total. The van der Waals surface area contributed by atoms with Gasteiger partial charge in [-0.15, -0.1) is 11.3 Å². The monoisotopic (exact) mass is 398 g/mol. The molecule has 152 valence electrons. The molecule has 1 aromatic heterocycles. The van der Waals surface area contributed by atoms with E-state index in [1.165, 1.54) is 7.11 Å². The Kier molecular flexibility index (Phi) is 8.00. The van der Waals surface area contributed by atoms with E-state index in [1.807, 2.05) is 32.3 Å². The normalized spacial score (nSPS) is 17.3. The first-order valence-corrected chi connectivity index (χ1v) is 10.0. The number of carbonyl (C=O) groups excluding carboxylic acids is 2. The summed E-state index contributed by atoms with van der Waals surface area (Å²) >= 11 is 1.64. The van der Waals surface area contributed by atoms with Crippen LogP contribution in [0, 0.1) is 0 Å². The number of carbonyl (C=O) groups is 2. The number of ether oxygens (including phenoxy) is 2. The van der Waals surface area contributed by atoms with Gasteiger partial charge in [-0.25, -0.2) is 14.6 Å². The molecule has 0 radical (unpaired) electrons. The number of urea groups is 1. The first kappa shape index (κ1) is 21.6. The first-order chi connectivity index (χ1) is 12.8. The zero-order chi connectivity index (χ0) is 19.9. The summed E-state index contributed by atoms with van der Waals surface area (Å²) in [4.78, 5) is 33.0. The molecule has 0 saturated carbocycles. The Morgan fingerprint density at radius 1 is 1.30 bits per heavy atom. The quantitative estimate of drug-likeness (QED) is 0.735. The first-order valence-electron chi connectivity index (χ1n) is 9.16. The van der Waals surface area contributed by atoms with Crippen molar-refractivity contribution in [2.75, 3.05) is 39.9 Å². The van der Waals surface area contributed by atoms with E-state index >= 15 is 0 Å². The van der Waals surface area contributed by atoms with Crippen molar-refractivity contribution in [3.05, 3.63) is 16.6 Å². The van der Waals surface area contributed by atoms with Crippen molar-refractivity contribution in [3.8, 4) is 0 Å². The number of nitrogens with one attached hydrogen (secondary N) is 1. The number of nitrogens with zero attached hydrogens (tertiary/aromatic N) is 3. The maximum atomic E-state index is 12.7. The van der Waals surface area contributed by atoms with E-state index in [1.54, 1.807) is 16.2 Å². The van der Waals surface area contributed by atoms with Crippen LogP contribution in [0.25, 0.3) is 0 Å². The third-order valence-electron chi connectivity index (χ3n) is 4.18. The number of rotatable bonds is 6. The Bertz CT molecular complexity index is 603. The van der Waals surface area contributed by atoms with E-state index < -0.39 is 17.6 Å². The molecule has 9 heteroatoms. The number of esters is 1. The minimum Gasteiger partial charge on any atom is -0.467 e. The molecule has 1 atom stereocenters. The molecule has 1 aliphatic heterocycles. The second-order valence-electron chi connectivity index (χ2n) is 7.49. The fourth-order valence-electron chi connectivity index (χ4n) is 2.74. The summed E-state index contributed by atoms with van der Waals surface area (Å²) in [6, 6.07) is -1.09. The highest BCUT2D eigenvalue weighted by atomic mass is 32.1. The summed E-state index contributed by atoms with van der Waals surface area (Å²) in [5.41, 5.74) is -0.407. The predicted octanol–water partition coefficient (Wildman–Crippen LogP) is 1.72. The summed E-state index contributed by atoms with van der Waals surface area (Å²) < 4.78 is 10.5. The van der Waals surface area contributed by atoms with Crippen LogP contribution in [0.4, 0.5) is 4.79 Å². The summed E-state index contributed by atoms with van der Waals surface area (Å²) in [5, 5.41) is 5.81. The minimum absolute atomic E-state index is 0.0753. The Hall–Kier alpha value is -1.71. The van der Waals surface area contributed by atoms with Gasteiger partial charge < -0.3 is 19.7 Å². The Labute approximate surface area is 164 Å². The molecule has 2 amide bonds. The van der Waals surface area contributed by atoms with Crippen LogP contribution in [0.15, 0.2) is 11.6 Å². The molecule has 1 aliphatic rings. The zero-order valence-corrected chi connectivity index (χ0v) is 17.4. The van der Waals surface area contributed by atoms with Crippen LogP contribution in [0.5, 0.6) is 0 Å². The molecule has 1 aromatic rings. The van der Waals surface area contributed by atoms with Crippen LogP contribution in [-0.4, -0.2) is 78.3 Å². The van der Waals surface area contributed by atoms with Crippen molar-refractivity contribution >= 4 is 23.3 Å². The van der Waals surface area contributed by atoms with Gasteiger partial charge in [-0.2, -0.15) is 0 Å². The molecule has 1 saturated heterocycles. The lowest BCUT2D eigenvalue weighted by Gasteiger charge is -2.27. The van der Waals surface area contributed by atoms with Gasteiger partial charge in [0.2, 0.25) is 0 Å². The minimum atomic E-state index is -0.823. The third kappa shape index (κ3) is 7.43. The van der Waals surface area contributed by atoms with E-state index in [2.05, 4.69) is 15.2 Å². The third-order valence-corrected chi connectivity index (χ3v) is 4.95. The topological polar surface area (TPSA) is 84.0 Å². The second kappa shape index (κ2) is 10.0. The summed E-state index contributed by atoms with van der Waals surface area (Å²) in [6.07, 6.45) is 2.68. The maximum absolute atomic E-state index is 12.7. The average molecular weight is 399 g/mol. The van der Waals surface area contributed by atoms with Crippen LogP contribution >= 0.6 is 11.3 Å². The van der Waals surface area contributed by atoms with Crippen LogP contribution in [0.3, 0.4) is 0 Å². The smallest absolute Gasteiger partial charge is 0.330 e. The van der Waals surface area contributed by atoms with Gasteiger partial charge in [0.1, 0.15) is 5.01 Å². The van der Waals surface area contributed by atoms with E-state index in [-0.39, 0.29) is 12.6 Å². The molecule has 0 aliphatic carbocycles. The lowest BCUT2D eigenvalue weighted by molar-refractivity contribution is -0.146. The fourth-order valence-corrected chi connectivity index (χ4v) is 3.40. The van der Waals surface area contributed by atoms with Crippen molar-refractivity contribution in [1.29, 1.82) is 0 Å². The van der Waals surface area contributed by atoms with Crippen LogP contribution in [0.1, 0.15) is 32.2 Å². The molecule has 1 unspecified atom stereocenters. The molecule has 1 fully saturated rings. The van der Waals surface area contributed by atoms with Crippen molar-refractivity contribution in [2.24, 2.45) is 0 Å². The predicted molar refractivity (Wildman–Crippen MR) is 104 cm³/mol. The molecule has 2 heterocycles. The van der Waals surface area contributed by atoms with Gasteiger partial charge in [0.25, 0.3) is 0 Å². The molecular formula is C18H30N4O4S. The van der Waals surface area contributed by atoms with Crippen molar-refractivity contribution in [3.63, 3.8) is 0 Å². The SMILES string of the molecule is COC(=O)C(COC(C)(C)C)NC(=O)N1CCCN(Cc2nccs2)CC1. The molecule has 0 aromatic carbocycles. The lowest BCUT2D eigenvalue weighted by Crippen LogP contribution is -2.51. The highest BCUT2D eigenvalue weighted by Crippen LogP contribution is 2.12. The standard InChI is InChI=1S/C18H30N4O4S/c1-18(2,3)26-13-14(16(23)25-4)20-17(24)22-8-5-7-21(9-10-22)12-15-19-6-11-27-15/h6,11,14H,5,7-10,12-13H2,1-4H3,(H,20,24). The van der Waals surface area contributed by atoms with E-state index in [4.69, 9.17) is 9.47 Å². The number of aromatic nitrogens is 1. The number of hydrogen-bond acceptors (Lipinski definition) is 7. The highest BCUT2D eigenvalue weighted by molar-refractivity contribution is 7.09. The molecule has 0 spiro atoms. The second-order valence-corrected chi connectivity index (χ2v) is 8.47. The van der Waals surface area contributed by atoms with Crippen LogP contribution in [0.2, 0.25) is 0 Å². The Morgan fingerprint density at radius 3 is 2.70 bits per heavy atom. The van der Waals surface area contributed by atoms with Crippen LogP contribution in [-0.2, 0) is 20.8 Å². The lowest BCUT2D eigenvalue weighted by atomic mass is 10.2. The highest BCUT2D eigenvalue weighted by Gasteiger charge is 2.27. The maximum Gasteiger partial charge on any atom is 0.330 e. The van der Waals surface area contributed by atoms with E-state index in [0.717, 1.165) is 31.1 Å². The molecule has 27 heavy (non-hydrogen) atoms. The van der Waals surface area contributed by atoms with Crippen molar-refractivity contribution in [2.45, 2.75) is 45.4 Å². The van der Waals surface area contributed by atoms with Gasteiger partial charge in [-0.3, -0.25) is 4.90 Å². The van der Waals surface area contributed by atoms with Crippen molar-refractivity contribution in [1.82, 2.24) is 20.1 Å². The average Bonchev–Trinajstić information content (AvgIpc) is 3.01. The van der Waals surface area contributed by atoms with Crippen LogP contribution < -0.4 is 5.32 Å². The van der Waals surface area contributed by atoms with Gasteiger partial charge in [-0.1, -0.05) is 0 Å². The van der Waals surface area contributed by atoms with Gasteiger partial charge in [0.15, 0.2) is 6.04 Å². The number of hydrogen-bond donors (Lipinski definition) is 1. The number of thiazole rings is 1. The van der Waals surface area contributed by atoms with Gasteiger partial charge in [0, 0.05) is 37.8 Å². The Morgan fingerprint density at radius 2 is 2.07 bits per heavy atom. The number of methoxy groups -OCH3 is 1. The van der Waals surface area contributed by atoms with Crippen molar-refractivity contribution < 1.29 is 19.1 Å². The Balaban J connectivity index is 1.87. The van der Waals surface area contributed by atoms with Gasteiger partial charge in [-0.05, 0) is 27.2 Å². The largest absolute Gasteiger partial charge is 0.467 e. The zero-order valence-electron chi connectivity index (χ0n) is 16.6. The molecule has 0 bridgehead atoms. The molecule has 2 rings (SSSR count). The van der Waals surface area contributed by atoms with E-state index in [9.17, 15) is 9.59 Å². The van der Waals surface area contributed by atoms with Gasteiger partial charge in [0.05, 0.1) is 25.9 Å². The summed E-state index contributed by atoms with van der Waals surface area (Å²) in [5.74, 6) is -0.507. The fraction of sp³-hybridized carbons (Fsp3) is 0.722. The molecule has 1 N–H and O–H groups in total.